The molecule has 0 aromatic heterocycles. The van der Waals surface area contributed by atoms with Crippen molar-refractivity contribution in [3.8, 4) is 0 Å². The standard InChI is InChI=1S/C18H26N2O5S/c1-14(20-26(23,24)16-10-6-3-7-11-16)18(22)25-13-17(21)19-12-15-8-4-2-5-9-15/h3,6-7,10-11,14-15,20H,2,4-5,8-9,12-13H2,1H3,(H,19,21)/t14-/m0/s1. The summed E-state index contributed by atoms with van der Waals surface area (Å²) >= 11 is 0. The molecule has 0 radical (unpaired) electrons. The number of ether oxygens (including phenoxy) is 1. The Hall–Kier alpha value is -1.93. The Balaban J connectivity index is 1.73. The molecule has 1 aliphatic rings. The van der Waals surface area contributed by atoms with Crippen LogP contribution < -0.4 is 10.0 Å². The van der Waals surface area contributed by atoms with Gasteiger partial charge in [-0.2, -0.15) is 4.72 Å². The average molecular weight is 382 g/mol. The van der Waals surface area contributed by atoms with Gasteiger partial charge < -0.3 is 10.1 Å². The highest BCUT2D eigenvalue weighted by Crippen LogP contribution is 2.22. The van der Waals surface area contributed by atoms with Crippen LogP contribution in [0.15, 0.2) is 35.2 Å². The first kappa shape index (κ1) is 20.4. The van der Waals surface area contributed by atoms with Crippen molar-refractivity contribution in [1.82, 2.24) is 10.0 Å². The fraction of sp³-hybridized carbons (Fsp3) is 0.556. The molecule has 0 saturated heterocycles. The number of hydrogen-bond donors (Lipinski definition) is 2. The normalized spacial score (nSPS) is 16.7. The largest absolute Gasteiger partial charge is 0.454 e. The van der Waals surface area contributed by atoms with E-state index in [1.165, 1.54) is 38.3 Å². The molecule has 1 aromatic rings. The highest BCUT2D eigenvalue weighted by molar-refractivity contribution is 7.89. The zero-order valence-electron chi connectivity index (χ0n) is 14.9. The first-order valence-corrected chi connectivity index (χ1v) is 10.4. The first-order valence-electron chi connectivity index (χ1n) is 8.89. The fourth-order valence-electron chi connectivity index (χ4n) is 2.91. The Bertz CT molecular complexity index is 700. The van der Waals surface area contributed by atoms with E-state index in [0.717, 1.165) is 12.8 Å². The molecule has 7 nitrogen and oxygen atoms in total. The minimum atomic E-state index is -3.82. The van der Waals surface area contributed by atoms with Gasteiger partial charge in [-0.25, -0.2) is 8.42 Å². The molecule has 0 unspecified atom stereocenters. The summed E-state index contributed by atoms with van der Waals surface area (Å²) in [7, 11) is -3.82. The number of rotatable bonds is 8. The molecule has 1 aliphatic carbocycles. The summed E-state index contributed by atoms with van der Waals surface area (Å²) in [5, 5.41) is 2.77. The quantitative estimate of drug-likeness (QED) is 0.665. The Morgan fingerprint density at radius 1 is 1.15 bits per heavy atom. The van der Waals surface area contributed by atoms with Gasteiger partial charge in [0, 0.05) is 6.54 Å². The van der Waals surface area contributed by atoms with Crippen LogP contribution in [0.5, 0.6) is 0 Å². The van der Waals surface area contributed by atoms with Crippen LogP contribution in [-0.4, -0.2) is 39.5 Å². The van der Waals surface area contributed by atoms with Crippen LogP contribution in [0.1, 0.15) is 39.0 Å². The van der Waals surface area contributed by atoms with Gasteiger partial charge in [0.1, 0.15) is 6.04 Å². The number of esters is 1. The maximum Gasteiger partial charge on any atom is 0.324 e. The van der Waals surface area contributed by atoms with E-state index in [9.17, 15) is 18.0 Å². The molecule has 26 heavy (non-hydrogen) atoms. The van der Waals surface area contributed by atoms with Gasteiger partial charge in [0.2, 0.25) is 10.0 Å². The summed E-state index contributed by atoms with van der Waals surface area (Å²) in [5.74, 6) is -0.681. The summed E-state index contributed by atoms with van der Waals surface area (Å²) in [6, 6.07) is 6.65. The van der Waals surface area contributed by atoms with E-state index in [2.05, 4.69) is 10.0 Å². The summed E-state index contributed by atoms with van der Waals surface area (Å²) in [6.45, 7) is 1.55. The predicted octanol–water partition coefficient (Wildman–Crippen LogP) is 1.59. The Labute approximate surface area is 154 Å². The Morgan fingerprint density at radius 2 is 1.81 bits per heavy atom. The van der Waals surface area contributed by atoms with Gasteiger partial charge >= 0.3 is 5.97 Å². The third kappa shape index (κ3) is 6.42. The zero-order valence-corrected chi connectivity index (χ0v) is 15.8. The molecule has 1 fully saturated rings. The summed E-state index contributed by atoms with van der Waals surface area (Å²) < 4.78 is 31.5. The van der Waals surface area contributed by atoms with Crippen molar-refractivity contribution in [2.24, 2.45) is 5.92 Å². The number of sulfonamides is 1. The van der Waals surface area contributed by atoms with Gasteiger partial charge in [-0.3, -0.25) is 9.59 Å². The summed E-state index contributed by atoms with van der Waals surface area (Å²) in [6.07, 6.45) is 5.85. The average Bonchev–Trinajstić information content (AvgIpc) is 2.65. The van der Waals surface area contributed by atoms with E-state index in [1.807, 2.05) is 0 Å². The van der Waals surface area contributed by atoms with E-state index in [4.69, 9.17) is 4.74 Å². The van der Waals surface area contributed by atoms with E-state index >= 15 is 0 Å². The third-order valence-electron chi connectivity index (χ3n) is 4.40. The molecule has 1 aromatic carbocycles. The molecule has 0 heterocycles. The second-order valence-electron chi connectivity index (χ2n) is 6.57. The third-order valence-corrected chi connectivity index (χ3v) is 5.95. The van der Waals surface area contributed by atoms with Gasteiger partial charge in [-0.1, -0.05) is 37.5 Å². The molecule has 144 valence electrons. The lowest BCUT2D eigenvalue weighted by Crippen LogP contribution is -2.41. The highest BCUT2D eigenvalue weighted by atomic mass is 32.2. The topological polar surface area (TPSA) is 102 Å². The van der Waals surface area contributed by atoms with E-state index < -0.39 is 28.6 Å². The highest BCUT2D eigenvalue weighted by Gasteiger charge is 2.23. The van der Waals surface area contributed by atoms with Gasteiger partial charge in [-0.05, 0) is 37.8 Å². The second kappa shape index (κ2) is 9.68. The van der Waals surface area contributed by atoms with Crippen LogP contribution >= 0.6 is 0 Å². The number of benzene rings is 1. The summed E-state index contributed by atoms with van der Waals surface area (Å²) in [5.41, 5.74) is 0. The number of hydrogen-bond acceptors (Lipinski definition) is 5. The van der Waals surface area contributed by atoms with Gasteiger partial charge in [0.15, 0.2) is 6.61 Å². The van der Waals surface area contributed by atoms with Gasteiger partial charge in [0.25, 0.3) is 5.91 Å². The lowest BCUT2D eigenvalue weighted by atomic mass is 9.89. The Morgan fingerprint density at radius 3 is 2.46 bits per heavy atom. The van der Waals surface area contributed by atoms with Crippen LogP contribution in [-0.2, 0) is 24.3 Å². The van der Waals surface area contributed by atoms with Crippen LogP contribution in [0.4, 0.5) is 0 Å². The lowest BCUT2D eigenvalue weighted by molar-refractivity contribution is -0.149. The molecule has 8 heteroatoms. The molecule has 1 atom stereocenters. The molecule has 0 bridgehead atoms. The molecule has 0 spiro atoms. The molecular weight excluding hydrogens is 356 g/mol. The van der Waals surface area contributed by atoms with Crippen LogP contribution in [0, 0.1) is 5.92 Å². The summed E-state index contributed by atoms with van der Waals surface area (Å²) in [4.78, 5) is 23.8. The SMILES string of the molecule is C[C@H](NS(=O)(=O)c1ccccc1)C(=O)OCC(=O)NCC1CCCCC1. The number of amides is 1. The predicted molar refractivity (Wildman–Crippen MR) is 96.8 cm³/mol. The number of carbonyl (C=O) groups is 2. The smallest absolute Gasteiger partial charge is 0.324 e. The zero-order chi connectivity index (χ0) is 19.0. The van der Waals surface area contributed by atoms with Crippen molar-refractivity contribution in [2.45, 2.75) is 50.0 Å². The minimum Gasteiger partial charge on any atom is -0.454 e. The molecule has 0 aliphatic heterocycles. The van der Waals surface area contributed by atoms with E-state index in [0.29, 0.717) is 12.5 Å². The molecular formula is C18H26N2O5S. The maximum absolute atomic E-state index is 12.2. The lowest BCUT2D eigenvalue weighted by Gasteiger charge is -2.21. The van der Waals surface area contributed by atoms with Crippen molar-refractivity contribution in [3.63, 3.8) is 0 Å². The van der Waals surface area contributed by atoms with Crippen LogP contribution in [0.2, 0.25) is 0 Å². The maximum atomic E-state index is 12.2. The van der Waals surface area contributed by atoms with Crippen molar-refractivity contribution < 1.29 is 22.7 Å². The Kier molecular flexibility index (Phi) is 7.59. The van der Waals surface area contributed by atoms with Crippen molar-refractivity contribution in [2.75, 3.05) is 13.2 Å². The number of nitrogens with one attached hydrogen (secondary N) is 2. The fourth-order valence-corrected chi connectivity index (χ4v) is 4.12. The molecule has 1 saturated carbocycles. The van der Waals surface area contributed by atoms with Crippen molar-refractivity contribution in [1.29, 1.82) is 0 Å². The second-order valence-corrected chi connectivity index (χ2v) is 8.29. The first-order chi connectivity index (χ1) is 12.4. The minimum absolute atomic E-state index is 0.0601. The van der Waals surface area contributed by atoms with Gasteiger partial charge in [-0.15, -0.1) is 0 Å². The van der Waals surface area contributed by atoms with Crippen molar-refractivity contribution >= 4 is 21.9 Å². The molecule has 2 rings (SSSR count). The van der Waals surface area contributed by atoms with Crippen LogP contribution in [0.3, 0.4) is 0 Å². The number of carbonyl (C=O) groups excluding carboxylic acids is 2. The van der Waals surface area contributed by atoms with Crippen LogP contribution in [0.25, 0.3) is 0 Å². The van der Waals surface area contributed by atoms with Crippen molar-refractivity contribution in [3.05, 3.63) is 30.3 Å². The van der Waals surface area contributed by atoms with E-state index in [-0.39, 0.29) is 10.8 Å². The molecule has 1 amide bonds. The van der Waals surface area contributed by atoms with E-state index in [1.54, 1.807) is 18.2 Å². The van der Waals surface area contributed by atoms with Gasteiger partial charge in [0.05, 0.1) is 4.90 Å². The monoisotopic (exact) mass is 382 g/mol. The molecule has 2 N–H and O–H groups in total.